The summed E-state index contributed by atoms with van der Waals surface area (Å²) in [6.45, 7) is 0. The highest BCUT2D eigenvalue weighted by Gasteiger charge is 2.23. The molecule has 7 N–H and O–H groups in total. The summed E-state index contributed by atoms with van der Waals surface area (Å²) >= 11 is 0. The zero-order valence-corrected chi connectivity index (χ0v) is 13.0. The Labute approximate surface area is 138 Å². The molecule has 0 spiro atoms. The Kier molecular flexibility index (Phi) is 5.54. The number of benzene rings is 1. The second kappa shape index (κ2) is 7.60. The number of hydrogen-bond acceptors (Lipinski definition) is 4. The van der Waals surface area contributed by atoms with Crippen molar-refractivity contribution in [2.24, 2.45) is 11.5 Å². The molecule has 0 aliphatic rings. The maximum absolute atomic E-state index is 12.0. The topological polar surface area (TPSA) is 151 Å². The van der Waals surface area contributed by atoms with E-state index in [1.807, 2.05) is 24.3 Å². The third-order valence-electron chi connectivity index (χ3n) is 3.76. The fourth-order valence-electron chi connectivity index (χ4n) is 2.43. The maximum Gasteiger partial charge on any atom is 0.303 e. The standard InChI is InChI=1S/C16H20N4O4/c17-11(5-6-14(21)22)16(24)20-13(15(18)23)7-9-8-19-12-4-2-1-3-10(9)12/h1-4,8,11,13,19H,5-7,17H2,(H2,18,23)(H,20,24)(H,21,22)/t11-,13-/m0/s1. The number of H-pyrrole nitrogens is 1. The van der Waals surface area contributed by atoms with Crippen LogP contribution in [0.2, 0.25) is 0 Å². The van der Waals surface area contributed by atoms with Gasteiger partial charge in [0.25, 0.3) is 0 Å². The van der Waals surface area contributed by atoms with Crippen LogP contribution in [0, 0.1) is 0 Å². The zero-order valence-electron chi connectivity index (χ0n) is 13.0. The lowest BCUT2D eigenvalue weighted by molar-refractivity contribution is -0.137. The summed E-state index contributed by atoms with van der Waals surface area (Å²) in [5.41, 5.74) is 12.8. The van der Waals surface area contributed by atoms with Crippen LogP contribution >= 0.6 is 0 Å². The second-order valence-corrected chi connectivity index (χ2v) is 5.57. The molecule has 1 aromatic carbocycles. The summed E-state index contributed by atoms with van der Waals surface area (Å²) < 4.78 is 0. The van der Waals surface area contributed by atoms with Crippen molar-refractivity contribution in [3.63, 3.8) is 0 Å². The van der Waals surface area contributed by atoms with Gasteiger partial charge in [-0.1, -0.05) is 18.2 Å². The van der Waals surface area contributed by atoms with Gasteiger partial charge in [-0.2, -0.15) is 0 Å². The van der Waals surface area contributed by atoms with Crippen LogP contribution in [0.4, 0.5) is 0 Å². The van der Waals surface area contributed by atoms with Gasteiger partial charge in [-0.3, -0.25) is 14.4 Å². The Morgan fingerprint density at radius 2 is 1.96 bits per heavy atom. The van der Waals surface area contributed by atoms with Crippen LogP contribution in [-0.2, 0) is 20.8 Å². The summed E-state index contributed by atoms with van der Waals surface area (Å²) in [5, 5.41) is 12.1. The molecule has 1 aromatic heterocycles. The molecule has 0 aliphatic carbocycles. The molecule has 0 unspecified atom stereocenters. The maximum atomic E-state index is 12.0. The van der Waals surface area contributed by atoms with Gasteiger partial charge in [-0.15, -0.1) is 0 Å². The number of carbonyl (C=O) groups is 3. The van der Waals surface area contributed by atoms with Crippen LogP contribution in [0.1, 0.15) is 18.4 Å². The highest BCUT2D eigenvalue weighted by atomic mass is 16.4. The van der Waals surface area contributed by atoms with E-state index >= 15 is 0 Å². The number of aromatic nitrogens is 1. The first-order valence-corrected chi connectivity index (χ1v) is 7.50. The molecule has 128 valence electrons. The van der Waals surface area contributed by atoms with Gasteiger partial charge in [0, 0.05) is 29.9 Å². The minimum absolute atomic E-state index is 0.0142. The van der Waals surface area contributed by atoms with Gasteiger partial charge in [-0.25, -0.2) is 0 Å². The minimum Gasteiger partial charge on any atom is -0.481 e. The van der Waals surface area contributed by atoms with E-state index in [2.05, 4.69) is 10.3 Å². The number of aliphatic carboxylic acids is 1. The van der Waals surface area contributed by atoms with Crippen molar-refractivity contribution < 1.29 is 19.5 Å². The van der Waals surface area contributed by atoms with Crippen molar-refractivity contribution in [3.05, 3.63) is 36.0 Å². The van der Waals surface area contributed by atoms with Crippen molar-refractivity contribution >= 4 is 28.7 Å². The number of amides is 2. The molecule has 0 aliphatic heterocycles. The van der Waals surface area contributed by atoms with E-state index in [-0.39, 0.29) is 19.3 Å². The van der Waals surface area contributed by atoms with Crippen LogP contribution < -0.4 is 16.8 Å². The SMILES string of the molecule is NC(=O)[C@H](Cc1c[nH]c2ccccc12)NC(=O)[C@@H](N)CCC(=O)O. The molecule has 2 atom stereocenters. The van der Waals surface area contributed by atoms with Crippen molar-refractivity contribution in [3.8, 4) is 0 Å². The molecule has 24 heavy (non-hydrogen) atoms. The van der Waals surface area contributed by atoms with E-state index in [4.69, 9.17) is 16.6 Å². The van der Waals surface area contributed by atoms with Crippen LogP contribution in [0.15, 0.2) is 30.5 Å². The molecule has 2 rings (SSSR count). The third kappa shape index (κ3) is 4.32. The lowest BCUT2D eigenvalue weighted by atomic mass is 10.0. The zero-order chi connectivity index (χ0) is 17.7. The van der Waals surface area contributed by atoms with E-state index in [0.717, 1.165) is 16.5 Å². The average Bonchev–Trinajstić information content (AvgIpc) is 2.94. The predicted molar refractivity (Wildman–Crippen MR) is 88.0 cm³/mol. The molecular weight excluding hydrogens is 312 g/mol. The summed E-state index contributed by atoms with van der Waals surface area (Å²) in [6.07, 6.45) is 1.74. The molecule has 1 heterocycles. The smallest absolute Gasteiger partial charge is 0.303 e. The van der Waals surface area contributed by atoms with Gasteiger partial charge >= 0.3 is 5.97 Å². The van der Waals surface area contributed by atoms with Crippen molar-refractivity contribution in [1.82, 2.24) is 10.3 Å². The first kappa shape index (κ1) is 17.5. The molecule has 8 heteroatoms. The van der Waals surface area contributed by atoms with E-state index in [9.17, 15) is 14.4 Å². The number of carboxylic acid groups (broad SMARTS) is 1. The quantitative estimate of drug-likeness (QED) is 0.456. The van der Waals surface area contributed by atoms with Gasteiger partial charge in [0.2, 0.25) is 11.8 Å². The first-order chi connectivity index (χ1) is 11.4. The average molecular weight is 332 g/mol. The largest absolute Gasteiger partial charge is 0.481 e. The monoisotopic (exact) mass is 332 g/mol. The van der Waals surface area contributed by atoms with Gasteiger partial charge < -0.3 is 26.9 Å². The number of nitrogens with two attached hydrogens (primary N) is 2. The highest BCUT2D eigenvalue weighted by Crippen LogP contribution is 2.19. The Morgan fingerprint density at radius 1 is 1.25 bits per heavy atom. The Hall–Kier alpha value is -2.87. The number of primary amides is 1. The Bertz CT molecular complexity index is 755. The molecule has 0 bridgehead atoms. The Balaban J connectivity index is 2.05. The van der Waals surface area contributed by atoms with Gasteiger partial charge in [-0.05, 0) is 18.1 Å². The number of rotatable bonds is 8. The normalized spacial score (nSPS) is 13.4. The van der Waals surface area contributed by atoms with Crippen molar-refractivity contribution in [2.75, 3.05) is 0 Å². The van der Waals surface area contributed by atoms with Crippen LogP contribution in [0.5, 0.6) is 0 Å². The van der Waals surface area contributed by atoms with Crippen LogP contribution in [0.25, 0.3) is 10.9 Å². The minimum atomic E-state index is -1.04. The third-order valence-corrected chi connectivity index (χ3v) is 3.76. The summed E-state index contributed by atoms with van der Waals surface area (Å²) in [6, 6.07) is 5.63. The van der Waals surface area contributed by atoms with E-state index in [1.165, 1.54) is 0 Å². The lowest BCUT2D eigenvalue weighted by Crippen LogP contribution is -2.51. The number of carbonyl (C=O) groups excluding carboxylic acids is 2. The van der Waals surface area contributed by atoms with Crippen LogP contribution in [0.3, 0.4) is 0 Å². The van der Waals surface area contributed by atoms with Crippen molar-refractivity contribution in [2.45, 2.75) is 31.3 Å². The molecule has 0 saturated carbocycles. The fourth-order valence-corrected chi connectivity index (χ4v) is 2.43. The fraction of sp³-hybridized carbons (Fsp3) is 0.312. The predicted octanol–water partition coefficient (Wildman–Crippen LogP) is -0.127. The molecule has 2 aromatic rings. The molecular formula is C16H20N4O4. The number of para-hydroxylation sites is 1. The molecule has 2 amide bonds. The second-order valence-electron chi connectivity index (χ2n) is 5.57. The lowest BCUT2D eigenvalue weighted by Gasteiger charge is -2.18. The number of hydrogen-bond donors (Lipinski definition) is 5. The summed E-state index contributed by atoms with van der Waals surface area (Å²) in [5.74, 6) is -2.32. The molecule has 0 fully saturated rings. The van der Waals surface area contributed by atoms with E-state index in [1.54, 1.807) is 6.20 Å². The number of aromatic amines is 1. The van der Waals surface area contributed by atoms with Gasteiger partial charge in [0.1, 0.15) is 6.04 Å². The summed E-state index contributed by atoms with van der Waals surface area (Å²) in [4.78, 5) is 37.3. The van der Waals surface area contributed by atoms with Crippen molar-refractivity contribution in [1.29, 1.82) is 0 Å². The molecule has 8 nitrogen and oxygen atoms in total. The number of fused-ring (bicyclic) bond motifs is 1. The molecule has 0 radical (unpaired) electrons. The first-order valence-electron chi connectivity index (χ1n) is 7.50. The molecule has 0 saturated heterocycles. The number of nitrogens with one attached hydrogen (secondary N) is 2. The summed E-state index contributed by atoms with van der Waals surface area (Å²) in [7, 11) is 0. The van der Waals surface area contributed by atoms with E-state index < -0.39 is 29.9 Å². The van der Waals surface area contributed by atoms with Gasteiger partial charge in [0.05, 0.1) is 6.04 Å². The number of carboxylic acids is 1. The van der Waals surface area contributed by atoms with Gasteiger partial charge in [0.15, 0.2) is 0 Å². The van der Waals surface area contributed by atoms with E-state index in [0.29, 0.717) is 0 Å². The highest BCUT2D eigenvalue weighted by molar-refractivity contribution is 5.90. The van der Waals surface area contributed by atoms with Crippen LogP contribution in [-0.4, -0.2) is 40.0 Å². The Morgan fingerprint density at radius 3 is 2.62 bits per heavy atom.